The third-order valence-corrected chi connectivity index (χ3v) is 5.52. The summed E-state index contributed by atoms with van der Waals surface area (Å²) in [4.78, 5) is 11.1. The average molecular weight is 438 g/mol. The van der Waals surface area contributed by atoms with Crippen LogP contribution in [-0.2, 0) is 16.0 Å². The second kappa shape index (κ2) is 14.1. The Morgan fingerprint density at radius 2 is 1.77 bits per heavy atom. The van der Waals surface area contributed by atoms with E-state index in [0.29, 0.717) is 37.1 Å². The lowest BCUT2D eigenvalue weighted by Gasteiger charge is -2.28. The summed E-state index contributed by atoms with van der Waals surface area (Å²) in [5.74, 6) is 0.363. The average Bonchev–Trinajstić information content (AvgIpc) is 2.72. The summed E-state index contributed by atoms with van der Waals surface area (Å²) in [5, 5.41) is 19.4. The van der Waals surface area contributed by atoms with Gasteiger partial charge in [0, 0.05) is 13.2 Å². The van der Waals surface area contributed by atoms with E-state index in [2.05, 4.69) is 13.8 Å². The normalized spacial score (nSPS) is 15.6. The number of carbonyl (C=O) groups is 1. The van der Waals surface area contributed by atoms with Crippen LogP contribution < -0.4 is 15.2 Å². The monoisotopic (exact) mass is 437 g/mol. The molecule has 0 aliphatic carbocycles. The standard InChI is InChI=1S/C24H39NO6/c1-16(2)19(15-20(25)21(26)12-17(3)24(27)28)13-18-8-9-22(30-5)23(14-18)31-11-7-6-10-29-4/h6-9,14,16-17,19-21,26H,10-13,15,25H2,1-5H3,(H,27,28)/t17-,19+,20+,21+/m1/s1. The van der Waals surface area contributed by atoms with Crippen LogP contribution in [0.25, 0.3) is 0 Å². The van der Waals surface area contributed by atoms with Gasteiger partial charge < -0.3 is 30.2 Å². The van der Waals surface area contributed by atoms with Gasteiger partial charge in [0.1, 0.15) is 6.61 Å². The largest absolute Gasteiger partial charge is 0.493 e. The molecule has 0 fully saturated rings. The number of rotatable bonds is 15. The molecule has 0 saturated carbocycles. The third-order valence-electron chi connectivity index (χ3n) is 5.52. The molecule has 4 atom stereocenters. The van der Waals surface area contributed by atoms with Gasteiger partial charge in [-0.05, 0) is 54.9 Å². The molecule has 0 unspecified atom stereocenters. The van der Waals surface area contributed by atoms with E-state index < -0.39 is 24.0 Å². The zero-order valence-electron chi connectivity index (χ0n) is 19.4. The lowest BCUT2D eigenvalue weighted by atomic mass is 9.82. The number of hydrogen-bond donors (Lipinski definition) is 3. The molecule has 0 spiro atoms. The summed E-state index contributed by atoms with van der Waals surface area (Å²) in [6, 6.07) is 5.40. The summed E-state index contributed by atoms with van der Waals surface area (Å²) >= 11 is 0. The van der Waals surface area contributed by atoms with Gasteiger partial charge >= 0.3 is 5.97 Å². The Morgan fingerprint density at radius 1 is 1.10 bits per heavy atom. The number of carboxylic acid groups (broad SMARTS) is 1. The SMILES string of the molecule is COCC=CCOc1cc(C[C@@H](C[C@H](N)[C@@H](O)C[C@@H](C)C(=O)O)C(C)C)ccc1OC. The number of aliphatic carboxylic acids is 1. The molecule has 176 valence electrons. The van der Waals surface area contributed by atoms with Crippen molar-refractivity contribution in [1.29, 1.82) is 0 Å². The topological polar surface area (TPSA) is 111 Å². The first-order valence-corrected chi connectivity index (χ1v) is 10.8. The molecule has 0 amide bonds. The van der Waals surface area contributed by atoms with Crippen molar-refractivity contribution in [1.82, 2.24) is 0 Å². The predicted molar refractivity (Wildman–Crippen MR) is 122 cm³/mol. The summed E-state index contributed by atoms with van der Waals surface area (Å²) in [6.45, 7) is 6.79. The maximum absolute atomic E-state index is 11.1. The summed E-state index contributed by atoms with van der Waals surface area (Å²) in [7, 11) is 3.25. The first kappa shape index (κ1) is 26.9. The Bertz CT molecular complexity index is 691. The van der Waals surface area contributed by atoms with Crippen molar-refractivity contribution < 1.29 is 29.2 Å². The number of aliphatic hydroxyl groups is 1. The third kappa shape index (κ3) is 9.72. The van der Waals surface area contributed by atoms with E-state index in [1.807, 2.05) is 30.4 Å². The highest BCUT2D eigenvalue weighted by Crippen LogP contribution is 2.31. The highest BCUT2D eigenvalue weighted by atomic mass is 16.5. The number of carboxylic acids is 1. The van der Waals surface area contributed by atoms with Crippen molar-refractivity contribution in [3.63, 3.8) is 0 Å². The zero-order valence-corrected chi connectivity index (χ0v) is 19.4. The summed E-state index contributed by atoms with van der Waals surface area (Å²) in [6.07, 6.45) is 4.47. The molecular weight excluding hydrogens is 398 g/mol. The molecule has 0 radical (unpaired) electrons. The molecule has 0 bridgehead atoms. The lowest BCUT2D eigenvalue weighted by Crippen LogP contribution is -2.39. The fourth-order valence-corrected chi connectivity index (χ4v) is 3.37. The van der Waals surface area contributed by atoms with Gasteiger partial charge in [-0.1, -0.05) is 32.9 Å². The van der Waals surface area contributed by atoms with E-state index in [1.165, 1.54) is 0 Å². The predicted octanol–water partition coefficient (Wildman–Crippen LogP) is 3.28. The lowest BCUT2D eigenvalue weighted by molar-refractivity contribution is -0.142. The van der Waals surface area contributed by atoms with Crippen LogP contribution in [0.1, 0.15) is 39.2 Å². The zero-order chi connectivity index (χ0) is 23.4. The van der Waals surface area contributed by atoms with E-state index in [0.717, 1.165) is 12.0 Å². The van der Waals surface area contributed by atoms with Crippen LogP contribution >= 0.6 is 0 Å². The summed E-state index contributed by atoms with van der Waals surface area (Å²) < 4.78 is 16.2. The maximum Gasteiger partial charge on any atom is 0.306 e. The molecule has 0 aromatic heterocycles. The van der Waals surface area contributed by atoms with Crippen molar-refractivity contribution in [2.24, 2.45) is 23.5 Å². The quantitative estimate of drug-likeness (QED) is 0.361. The highest BCUT2D eigenvalue weighted by Gasteiger charge is 2.26. The van der Waals surface area contributed by atoms with Gasteiger partial charge in [-0.25, -0.2) is 0 Å². The molecule has 7 nitrogen and oxygen atoms in total. The Labute approximate surface area is 186 Å². The second-order valence-electron chi connectivity index (χ2n) is 8.37. The Balaban J connectivity index is 2.82. The Hall–Kier alpha value is -2.09. The van der Waals surface area contributed by atoms with Crippen LogP contribution in [0.2, 0.25) is 0 Å². The molecular formula is C24H39NO6. The van der Waals surface area contributed by atoms with E-state index in [4.69, 9.17) is 25.1 Å². The van der Waals surface area contributed by atoms with Crippen molar-refractivity contribution in [3.8, 4) is 11.5 Å². The van der Waals surface area contributed by atoms with Crippen molar-refractivity contribution in [2.45, 2.75) is 52.2 Å². The number of hydrogen-bond acceptors (Lipinski definition) is 6. The minimum Gasteiger partial charge on any atom is -0.493 e. The van der Waals surface area contributed by atoms with Gasteiger partial charge in [-0.2, -0.15) is 0 Å². The van der Waals surface area contributed by atoms with Crippen LogP contribution in [0.15, 0.2) is 30.4 Å². The Morgan fingerprint density at radius 3 is 2.35 bits per heavy atom. The number of nitrogens with two attached hydrogens (primary N) is 1. The fraction of sp³-hybridized carbons (Fsp3) is 0.625. The minimum absolute atomic E-state index is 0.151. The van der Waals surface area contributed by atoms with Gasteiger partial charge in [0.25, 0.3) is 0 Å². The van der Waals surface area contributed by atoms with Crippen LogP contribution in [-0.4, -0.2) is 55.8 Å². The van der Waals surface area contributed by atoms with E-state index >= 15 is 0 Å². The molecule has 0 aliphatic heterocycles. The van der Waals surface area contributed by atoms with Crippen LogP contribution in [0.4, 0.5) is 0 Å². The van der Waals surface area contributed by atoms with Gasteiger partial charge in [-0.3, -0.25) is 4.79 Å². The molecule has 0 heterocycles. The van der Waals surface area contributed by atoms with E-state index in [9.17, 15) is 9.90 Å². The van der Waals surface area contributed by atoms with Gasteiger partial charge in [0.05, 0.1) is 25.7 Å². The van der Waals surface area contributed by atoms with Gasteiger partial charge in [0.15, 0.2) is 11.5 Å². The number of methoxy groups -OCH3 is 2. The Kier molecular flexibility index (Phi) is 12.2. The first-order valence-electron chi connectivity index (χ1n) is 10.8. The van der Waals surface area contributed by atoms with Crippen LogP contribution in [0, 0.1) is 17.8 Å². The fourth-order valence-electron chi connectivity index (χ4n) is 3.37. The van der Waals surface area contributed by atoms with Crippen molar-refractivity contribution in [3.05, 3.63) is 35.9 Å². The van der Waals surface area contributed by atoms with Gasteiger partial charge in [-0.15, -0.1) is 0 Å². The number of aliphatic hydroxyl groups excluding tert-OH is 1. The molecule has 0 saturated heterocycles. The van der Waals surface area contributed by atoms with Crippen LogP contribution in [0.5, 0.6) is 11.5 Å². The molecule has 0 aliphatic rings. The minimum atomic E-state index is -0.922. The molecule has 1 rings (SSSR count). The van der Waals surface area contributed by atoms with E-state index in [1.54, 1.807) is 21.1 Å². The molecule has 1 aromatic carbocycles. The maximum atomic E-state index is 11.1. The number of benzene rings is 1. The van der Waals surface area contributed by atoms with Crippen LogP contribution in [0.3, 0.4) is 0 Å². The van der Waals surface area contributed by atoms with E-state index in [-0.39, 0.29) is 12.3 Å². The summed E-state index contributed by atoms with van der Waals surface area (Å²) in [5.41, 5.74) is 7.33. The van der Waals surface area contributed by atoms with Gasteiger partial charge in [0.2, 0.25) is 0 Å². The first-order chi connectivity index (χ1) is 14.7. The highest BCUT2D eigenvalue weighted by molar-refractivity contribution is 5.69. The van der Waals surface area contributed by atoms with Crippen molar-refractivity contribution >= 4 is 5.97 Å². The second-order valence-corrected chi connectivity index (χ2v) is 8.37. The molecule has 1 aromatic rings. The number of ether oxygens (including phenoxy) is 3. The molecule has 31 heavy (non-hydrogen) atoms. The molecule has 4 N–H and O–H groups in total. The van der Waals surface area contributed by atoms with Crippen molar-refractivity contribution in [2.75, 3.05) is 27.4 Å². The smallest absolute Gasteiger partial charge is 0.306 e. The molecule has 7 heteroatoms.